The first-order chi connectivity index (χ1) is 14.0. The molecule has 1 saturated heterocycles. The summed E-state index contributed by atoms with van der Waals surface area (Å²) in [5, 5.41) is 23.2. The van der Waals surface area contributed by atoms with Crippen molar-refractivity contribution in [3.05, 3.63) is 67.6 Å². The van der Waals surface area contributed by atoms with Crippen molar-refractivity contribution in [3.8, 4) is 0 Å². The van der Waals surface area contributed by atoms with Gasteiger partial charge in [0.2, 0.25) is 0 Å². The minimum atomic E-state index is -2.01. The minimum absolute atomic E-state index is 0.0298. The maximum absolute atomic E-state index is 10.8. The van der Waals surface area contributed by atoms with Crippen LogP contribution < -0.4 is 0 Å². The van der Waals surface area contributed by atoms with Gasteiger partial charge in [-0.05, 0) is 58.2 Å². The van der Waals surface area contributed by atoms with Crippen molar-refractivity contribution >= 4 is 62.3 Å². The van der Waals surface area contributed by atoms with Crippen molar-refractivity contribution in [2.45, 2.75) is 42.6 Å². The summed E-state index contributed by atoms with van der Waals surface area (Å²) in [6.07, 6.45) is -1.70. The van der Waals surface area contributed by atoms with Crippen LogP contribution in [0.15, 0.2) is 36.4 Å². The largest absolute Gasteiger partial charge is 0.381 e. The van der Waals surface area contributed by atoms with Crippen LogP contribution in [0.25, 0.3) is 0 Å². The molecule has 1 heterocycles. The first-order valence-corrected chi connectivity index (χ1v) is 11.2. The maximum Gasteiger partial charge on any atom is 0.256 e. The fourth-order valence-electron chi connectivity index (χ4n) is 3.05. The van der Waals surface area contributed by atoms with Gasteiger partial charge in [-0.15, -0.1) is 0 Å². The second-order valence-corrected chi connectivity index (χ2v) is 9.85. The number of alkyl halides is 1. The number of rotatable bonds is 7. The molecule has 1 fully saturated rings. The summed E-state index contributed by atoms with van der Waals surface area (Å²) in [5.41, 5.74) is -0.350. The summed E-state index contributed by atoms with van der Waals surface area (Å²) < 4.78 is 15.2. The zero-order valence-electron chi connectivity index (χ0n) is 15.7. The predicted molar refractivity (Wildman–Crippen MR) is 121 cm³/mol. The average Bonchev–Trinajstić information content (AvgIpc) is 2.81. The second kappa shape index (κ2) is 9.79. The Labute approximate surface area is 202 Å². The highest BCUT2D eigenvalue weighted by molar-refractivity contribution is 9.10. The predicted octanol–water partition coefficient (Wildman–Crippen LogP) is 5.59. The topological polar surface area (TPSA) is 68.2 Å². The van der Waals surface area contributed by atoms with Gasteiger partial charge < -0.3 is 24.4 Å². The Kier molecular flexibility index (Phi) is 8.00. The lowest BCUT2D eigenvalue weighted by atomic mass is 9.97. The van der Waals surface area contributed by atoms with E-state index in [2.05, 4.69) is 15.9 Å². The van der Waals surface area contributed by atoms with Crippen molar-refractivity contribution < 1.29 is 24.4 Å². The molecule has 0 spiro atoms. The SMILES string of the molecule is C[C@@]1(O)[C@H](OCc2ccc(Cl)cc2Cl)[C@@H](COCc2ccc(Cl)cc2Cl)O[C@@]1(O)Br. The van der Waals surface area contributed by atoms with Crippen LogP contribution in [0.4, 0.5) is 0 Å². The quantitative estimate of drug-likeness (QED) is 0.432. The highest BCUT2D eigenvalue weighted by atomic mass is 79.9. The molecular weight excluding hydrogens is 542 g/mol. The third-order valence-corrected chi connectivity index (χ3v) is 6.98. The van der Waals surface area contributed by atoms with E-state index >= 15 is 0 Å². The molecule has 2 aromatic carbocycles. The van der Waals surface area contributed by atoms with E-state index in [1.54, 1.807) is 36.4 Å². The molecule has 0 radical (unpaired) electrons. The molecule has 0 bridgehead atoms. The van der Waals surface area contributed by atoms with Crippen molar-refractivity contribution in [2.75, 3.05) is 6.61 Å². The van der Waals surface area contributed by atoms with Gasteiger partial charge in [-0.3, -0.25) is 0 Å². The molecule has 1 aliphatic heterocycles. The highest BCUT2D eigenvalue weighted by Crippen LogP contribution is 2.44. The van der Waals surface area contributed by atoms with E-state index in [0.717, 1.165) is 5.56 Å². The van der Waals surface area contributed by atoms with Gasteiger partial charge in [-0.25, -0.2) is 0 Å². The van der Waals surface area contributed by atoms with Gasteiger partial charge in [-0.1, -0.05) is 58.5 Å². The second-order valence-electron chi connectivity index (χ2n) is 7.08. The Hall–Kier alpha value is -0.120. The summed E-state index contributed by atoms with van der Waals surface area (Å²) in [7, 11) is 0. The molecule has 164 valence electrons. The number of hydrogen-bond acceptors (Lipinski definition) is 5. The Morgan fingerprint density at radius 1 is 0.967 bits per heavy atom. The molecule has 0 aromatic heterocycles. The molecule has 2 aromatic rings. The van der Waals surface area contributed by atoms with Crippen LogP contribution in [0.3, 0.4) is 0 Å². The Balaban J connectivity index is 1.68. The average molecular weight is 561 g/mol. The van der Waals surface area contributed by atoms with Gasteiger partial charge in [0.15, 0.2) is 5.60 Å². The number of aliphatic hydroxyl groups is 2. The smallest absolute Gasteiger partial charge is 0.256 e. The van der Waals surface area contributed by atoms with Crippen molar-refractivity contribution in [2.24, 2.45) is 0 Å². The minimum Gasteiger partial charge on any atom is -0.381 e. The van der Waals surface area contributed by atoms with E-state index < -0.39 is 22.5 Å². The molecule has 3 rings (SSSR count). The molecule has 5 nitrogen and oxygen atoms in total. The summed E-state index contributed by atoms with van der Waals surface area (Å²) in [4.78, 5) is 0. The highest BCUT2D eigenvalue weighted by Gasteiger charge is 2.62. The van der Waals surface area contributed by atoms with Crippen molar-refractivity contribution in [1.29, 1.82) is 0 Å². The van der Waals surface area contributed by atoms with Crippen LogP contribution in [0.5, 0.6) is 0 Å². The zero-order chi connectivity index (χ0) is 22.1. The molecule has 1 aliphatic rings. The molecule has 0 unspecified atom stereocenters. The number of ether oxygens (including phenoxy) is 3. The van der Waals surface area contributed by atoms with Crippen LogP contribution in [-0.4, -0.2) is 39.3 Å². The number of hydrogen-bond donors (Lipinski definition) is 2. The van der Waals surface area contributed by atoms with Gasteiger partial charge in [0.25, 0.3) is 4.70 Å². The van der Waals surface area contributed by atoms with E-state index in [0.29, 0.717) is 25.7 Å². The molecule has 0 saturated carbocycles. The fourth-order valence-corrected chi connectivity index (χ4v) is 4.44. The molecule has 2 N–H and O–H groups in total. The zero-order valence-corrected chi connectivity index (χ0v) is 20.4. The molecule has 30 heavy (non-hydrogen) atoms. The normalized spacial score (nSPS) is 28.8. The van der Waals surface area contributed by atoms with Crippen LogP contribution in [0.2, 0.25) is 20.1 Å². The van der Waals surface area contributed by atoms with E-state index in [9.17, 15) is 10.2 Å². The molecule has 4 atom stereocenters. The molecule has 0 aliphatic carbocycles. The van der Waals surface area contributed by atoms with Crippen molar-refractivity contribution in [3.63, 3.8) is 0 Å². The van der Waals surface area contributed by atoms with E-state index in [-0.39, 0.29) is 19.8 Å². The maximum atomic E-state index is 10.8. The fraction of sp³-hybridized carbons (Fsp3) is 0.400. The lowest BCUT2D eigenvalue weighted by Gasteiger charge is -2.31. The Bertz CT molecular complexity index is 909. The first kappa shape index (κ1) is 24.5. The van der Waals surface area contributed by atoms with Gasteiger partial charge in [-0.2, -0.15) is 0 Å². The third kappa shape index (κ3) is 5.44. The molecule has 10 heteroatoms. The summed E-state index contributed by atoms with van der Waals surface area (Å²) in [6.45, 7) is 1.70. The summed E-state index contributed by atoms with van der Waals surface area (Å²) in [6, 6.07) is 10.1. The van der Waals surface area contributed by atoms with E-state index in [1.807, 2.05) is 0 Å². The van der Waals surface area contributed by atoms with Gasteiger partial charge in [0.05, 0.1) is 19.8 Å². The van der Waals surface area contributed by atoms with Crippen LogP contribution in [-0.2, 0) is 27.4 Å². The molecular formula is C20H19BrCl4O5. The van der Waals surface area contributed by atoms with Crippen LogP contribution in [0.1, 0.15) is 18.1 Å². The standard InChI is InChI=1S/C20H19BrCl4O5/c1-19(26)18(29-9-12-3-5-14(23)7-16(12)25)17(30-20(19,21)27)10-28-8-11-2-4-13(22)6-15(11)24/h2-7,17-18,26-27H,8-10H2,1H3/t17-,18-,19-,20-/m1/s1. The Morgan fingerprint density at radius 2 is 1.50 bits per heavy atom. The van der Waals surface area contributed by atoms with Crippen molar-refractivity contribution in [1.82, 2.24) is 0 Å². The Morgan fingerprint density at radius 3 is 2.03 bits per heavy atom. The van der Waals surface area contributed by atoms with Crippen LogP contribution in [0, 0.1) is 0 Å². The van der Waals surface area contributed by atoms with E-state index in [4.69, 9.17) is 60.6 Å². The monoisotopic (exact) mass is 558 g/mol. The van der Waals surface area contributed by atoms with Gasteiger partial charge in [0.1, 0.15) is 12.2 Å². The van der Waals surface area contributed by atoms with Gasteiger partial charge >= 0.3 is 0 Å². The third-order valence-electron chi connectivity index (χ3n) is 4.81. The van der Waals surface area contributed by atoms with E-state index in [1.165, 1.54) is 6.92 Å². The molecule has 0 amide bonds. The van der Waals surface area contributed by atoms with Crippen LogP contribution >= 0.6 is 62.3 Å². The summed E-state index contributed by atoms with van der Waals surface area (Å²) in [5.74, 6) is 0. The lowest BCUT2D eigenvalue weighted by Crippen LogP contribution is -2.51. The van der Waals surface area contributed by atoms with Gasteiger partial charge in [0, 0.05) is 20.1 Å². The number of benzene rings is 2. The lowest BCUT2D eigenvalue weighted by molar-refractivity contribution is -0.196. The number of halogens is 5. The first-order valence-electron chi connectivity index (χ1n) is 8.90. The summed E-state index contributed by atoms with van der Waals surface area (Å²) >= 11 is 27.2.